The highest BCUT2D eigenvalue weighted by molar-refractivity contribution is 5.79. The van der Waals surface area contributed by atoms with Crippen molar-refractivity contribution in [1.82, 2.24) is 0 Å². The molecule has 0 aliphatic rings. The summed E-state index contributed by atoms with van der Waals surface area (Å²) in [6, 6.07) is 16.0. The zero-order valence-corrected chi connectivity index (χ0v) is 8.50. The first-order valence-electron chi connectivity index (χ1n) is 4.84. The van der Waals surface area contributed by atoms with Crippen LogP contribution in [0.2, 0.25) is 0 Å². The lowest BCUT2D eigenvalue weighted by Crippen LogP contribution is -2.02. The van der Waals surface area contributed by atoms with E-state index in [-0.39, 0.29) is 0 Å². The Labute approximate surface area is 93.2 Å². The third kappa shape index (κ3) is 2.39. The van der Waals surface area contributed by atoms with E-state index >= 15 is 0 Å². The average Bonchev–Trinajstić information content (AvgIpc) is 2.38. The number of hydrogen-bond acceptors (Lipinski definition) is 3. The highest BCUT2D eigenvalue weighted by Gasteiger charge is 2.02. The van der Waals surface area contributed by atoms with Crippen molar-refractivity contribution in [2.45, 2.75) is 0 Å². The van der Waals surface area contributed by atoms with Crippen LogP contribution in [0, 0.1) is 0 Å². The van der Waals surface area contributed by atoms with Crippen molar-refractivity contribution in [3.63, 3.8) is 0 Å². The number of carbonyl (C=O) groups is 1. The smallest absolute Gasteiger partial charge is 0.189 e. The molecule has 0 spiro atoms. The summed E-state index contributed by atoms with van der Waals surface area (Å²) >= 11 is 0. The highest BCUT2D eigenvalue weighted by Crippen LogP contribution is 2.17. The predicted octanol–water partition coefficient (Wildman–Crippen LogP) is 2.87. The SMILES string of the molecule is O=Cc1ccccc1OOc1ccccc1. The van der Waals surface area contributed by atoms with Gasteiger partial charge in [0.15, 0.2) is 17.8 Å². The Balaban J connectivity index is 2.08. The van der Waals surface area contributed by atoms with Gasteiger partial charge in [-0.05, 0) is 24.3 Å². The predicted molar refractivity (Wildman–Crippen MR) is 59.5 cm³/mol. The zero-order chi connectivity index (χ0) is 11.2. The van der Waals surface area contributed by atoms with E-state index in [0.717, 1.165) is 6.29 Å². The van der Waals surface area contributed by atoms with Crippen LogP contribution in [0.4, 0.5) is 0 Å². The Morgan fingerprint density at radius 1 is 0.812 bits per heavy atom. The topological polar surface area (TPSA) is 35.5 Å². The fourth-order valence-electron chi connectivity index (χ4n) is 1.22. The van der Waals surface area contributed by atoms with Crippen LogP contribution in [0.1, 0.15) is 10.4 Å². The van der Waals surface area contributed by atoms with Gasteiger partial charge in [0.25, 0.3) is 0 Å². The molecule has 0 radical (unpaired) electrons. The summed E-state index contributed by atoms with van der Waals surface area (Å²) in [7, 11) is 0. The van der Waals surface area contributed by atoms with E-state index < -0.39 is 0 Å². The van der Waals surface area contributed by atoms with Gasteiger partial charge in [0.05, 0.1) is 5.56 Å². The van der Waals surface area contributed by atoms with Gasteiger partial charge in [-0.15, -0.1) is 0 Å². The van der Waals surface area contributed by atoms with Crippen molar-refractivity contribution in [2.75, 3.05) is 0 Å². The molecule has 3 nitrogen and oxygen atoms in total. The Bertz CT molecular complexity index is 466. The molecule has 0 bridgehead atoms. The third-order valence-corrected chi connectivity index (χ3v) is 2.02. The second-order valence-corrected chi connectivity index (χ2v) is 3.14. The molecule has 0 amide bonds. The molecule has 0 fully saturated rings. The summed E-state index contributed by atoms with van der Waals surface area (Å²) in [6.45, 7) is 0. The first kappa shape index (κ1) is 10.2. The van der Waals surface area contributed by atoms with Crippen molar-refractivity contribution in [2.24, 2.45) is 0 Å². The molecule has 2 aromatic carbocycles. The van der Waals surface area contributed by atoms with E-state index in [1.54, 1.807) is 36.4 Å². The van der Waals surface area contributed by atoms with E-state index in [1.807, 2.05) is 18.2 Å². The minimum atomic E-state index is 0.404. The van der Waals surface area contributed by atoms with Gasteiger partial charge in [0, 0.05) is 0 Å². The Morgan fingerprint density at radius 2 is 1.50 bits per heavy atom. The molecule has 16 heavy (non-hydrogen) atoms. The number of para-hydroxylation sites is 2. The first-order chi connectivity index (χ1) is 7.90. The fraction of sp³-hybridized carbons (Fsp3) is 0. The van der Waals surface area contributed by atoms with Crippen LogP contribution in [-0.2, 0) is 0 Å². The van der Waals surface area contributed by atoms with Crippen molar-refractivity contribution in [1.29, 1.82) is 0 Å². The van der Waals surface area contributed by atoms with Crippen molar-refractivity contribution in [3.8, 4) is 11.5 Å². The molecule has 0 saturated heterocycles. The molecular weight excluding hydrogens is 204 g/mol. The van der Waals surface area contributed by atoms with E-state index in [4.69, 9.17) is 9.78 Å². The van der Waals surface area contributed by atoms with Crippen LogP contribution in [0.25, 0.3) is 0 Å². The molecule has 0 heterocycles. The van der Waals surface area contributed by atoms with Gasteiger partial charge < -0.3 is 0 Å². The van der Waals surface area contributed by atoms with Gasteiger partial charge in [-0.1, -0.05) is 30.3 Å². The van der Waals surface area contributed by atoms with Crippen molar-refractivity contribution in [3.05, 3.63) is 60.2 Å². The normalized spacial score (nSPS) is 9.50. The Hall–Kier alpha value is -2.29. The molecule has 3 heteroatoms. The van der Waals surface area contributed by atoms with Gasteiger partial charge in [-0.25, -0.2) is 0 Å². The second kappa shape index (κ2) is 4.98. The first-order valence-corrected chi connectivity index (χ1v) is 4.84. The van der Waals surface area contributed by atoms with Crippen LogP contribution in [0.3, 0.4) is 0 Å². The third-order valence-electron chi connectivity index (χ3n) is 2.02. The minimum absolute atomic E-state index is 0.404. The van der Waals surface area contributed by atoms with E-state index in [0.29, 0.717) is 17.1 Å². The van der Waals surface area contributed by atoms with Gasteiger partial charge in [-0.2, -0.15) is 0 Å². The molecule has 0 atom stereocenters. The maximum absolute atomic E-state index is 10.7. The Morgan fingerprint density at radius 3 is 2.25 bits per heavy atom. The van der Waals surface area contributed by atoms with Gasteiger partial charge in [0.2, 0.25) is 0 Å². The molecule has 0 N–H and O–H groups in total. The van der Waals surface area contributed by atoms with E-state index in [9.17, 15) is 4.79 Å². The molecule has 0 aliphatic heterocycles. The van der Waals surface area contributed by atoms with Crippen LogP contribution in [0.15, 0.2) is 54.6 Å². The summed E-state index contributed by atoms with van der Waals surface area (Å²) in [5, 5.41) is 0. The molecular formula is C13H10O3. The number of hydrogen-bond donors (Lipinski definition) is 0. The lowest BCUT2D eigenvalue weighted by Gasteiger charge is -2.06. The zero-order valence-electron chi connectivity index (χ0n) is 8.50. The minimum Gasteiger partial charge on any atom is -0.298 e. The lowest BCUT2D eigenvalue weighted by molar-refractivity contribution is -0.100. The molecule has 2 rings (SSSR count). The summed E-state index contributed by atoms with van der Waals surface area (Å²) < 4.78 is 0. The van der Waals surface area contributed by atoms with Crippen LogP contribution >= 0.6 is 0 Å². The number of carbonyl (C=O) groups excluding carboxylic acids is 1. The summed E-state index contributed by atoms with van der Waals surface area (Å²) in [6.07, 6.45) is 0.726. The molecule has 0 unspecified atom stereocenters. The molecule has 2 aromatic rings. The largest absolute Gasteiger partial charge is 0.298 e. The van der Waals surface area contributed by atoms with Gasteiger partial charge in [0.1, 0.15) is 0 Å². The summed E-state index contributed by atoms with van der Waals surface area (Å²) in [5.41, 5.74) is 0.457. The molecule has 0 saturated carbocycles. The van der Waals surface area contributed by atoms with Crippen LogP contribution < -0.4 is 9.78 Å². The fourth-order valence-corrected chi connectivity index (χ4v) is 1.22. The average molecular weight is 214 g/mol. The summed E-state index contributed by atoms with van der Waals surface area (Å²) in [5.74, 6) is 0.990. The van der Waals surface area contributed by atoms with Crippen molar-refractivity contribution >= 4 is 6.29 Å². The van der Waals surface area contributed by atoms with Crippen LogP contribution in [-0.4, -0.2) is 6.29 Å². The lowest BCUT2D eigenvalue weighted by atomic mass is 10.2. The molecule has 0 aliphatic carbocycles. The number of rotatable bonds is 4. The maximum Gasteiger partial charge on any atom is 0.189 e. The monoisotopic (exact) mass is 214 g/mol. The molecule has 0 aromatic heterocycles. The van der Waals surface area contributed by atoms with E-state index in [2.05, 4.69) is 0 Å². The second-order valence-electron chi connectivity index (χ2n) is 3.14. The van der Waals surface area contributed by atoms with Gasteiger partial charge >= 0.3 is 0 Å². The van der Waals surface area contributed by atoms with Gasteiger partial charge in [-0.3, -0.25) is 14.6 Å². The maximum atomic E-state index is 10.7. The van der Waals surface area contributed by atoms with Crippen LogP contribution in [0.5, 0.6) is 11.5 Å². The summed E-state index contributed by atoms with van der Waals surface area (Å²) in [4.78, 5) is 20.9. The van der Waals surface area contributed by atoms with Crippen molar-refractivity contribution < 1.29 is 14.6 Å². The standard InChI is InChI=1S/C13H10O3/c14-10-11-6-4-5-9-13(11)16-15-12-7-2-1-3-8-12/h1-10H. The molecule has 80 valence electrons. The van der Waals surface area contributed by atoms with E-state index in [1.165, 1.54) is 0 Å². The number of aldehydes is 1. The quantitative estimate of drug-likeness (QED) is 0.446. The Kier molecular flexibility index (Phi) is 3.18. The highest BCUT2D eigenvalue weighted by atomic mass is 17.2. The number of benzene rings is 2.